The molecule has 180 valence electrons. The summed E-state index contributed by atoms with van der Waals surface area (Å²) >= 11 is 0. The van der Waals surface area contributed by atoms with Crippen LogP contribution in [-0.2, 0) is 0 Å². The van der Waals surface area contributed by atoms with Gasteiger partial charge in [0.2, 0.25) is 5.71 Å². The van der Waals surface area contributed by atoms with Crippen molar-refractivity contribution in [2.24, 2.45) is 0 Å². The molecule has 0 aliphatic heterocycles. The van der Waals surface area contributed by atoms with Crippen LogP contribution in [0.1, 0.15) is 26.3 Å². The van der Waals surface area contributed by atoms with Crippen LogP contribution in [0.2, 0.25) is 0 Å². The Kier molecular flexibility index (Phi) is 6.46. The minimum atomic E-state index is -2.68. The van der Waals surface area contributed by atoms with Gasteiger partial charge in [-0.05, 0) is 54.4 Å². The molecular weight excluding hydrogens is 463 g/mol. The van der Waals surface area contributed by atoms with Gasteiger partial charge >= 0.3 is 5.97 Å². The van der Waals surface area contributed by atoms with E-state index >= 15 is 0 Å². The molecule has 0 atom stereocenters. The summed E-state index contributed by atoms with van der Waals surface area (Å²) in [6.07, 6.45) is -2.68. The topological polar surface area (TPSA) is 104 Å². The van der Waals surface area contributed by atoms with Crippen LogP contribution in [0.25, 0.3) is 33.6 Å². The van der Waals surface area contributed by atoms with Gasteiger partial charge in [-0.1, -0.05) is 12.1 Å². The minimum absolute atomic E-state index is 0.00555. The van der Waals surface area contributed by atoms with Gasteiger partial charge in [0.15, 0.2) is 0 Å². The summed E-state index contributed by atoms with van der Waals surface area (Å²) in [5.41, 5.74) is 1.78. The fourth-order valence-corrected chi connectivity index (χ4v) is 3.73. The van der Waals surface area contributed by atoms with E-state index in [-0.39, 0.29) is 33.8 Å². The second-order valence-corrected chi connectivity index (χ2v) is 7.74. The first-order valence-electron chi connectivity index (χ1n) is 10.5. The van der Waals surface area contributed by atoms with Crippen molar-refractivity contribution in [3.05, 3.63) is 71.0 Å². The quantitative estimate of drug-likeness (QED) is 0.328. The average Bonchev–Trinajstić information content (AvgIpc) is 3.20. The molecule has 3 N–H and O–H groups in total. The third kappa shape index (κ3) is 4.68. The van der Waals surface area contributed by atoms with Gasteiger partial charge in [-0.2, -0.15) is 4.98 Å². The third-order valence-corrected chi connectivity index (χ3v) is 5.45. The van der Waals surface area contributed by atoms with Crippen molar-refractivity contribution in [2.75, 3.05) is 18.9 Å². The standard InChI is InChI=1S/C25H20F3N3O4/c1-12-3-4-14(9-16(12)25(33)34)17-10-18-20(23(32)29-2)21(13-5-7-15(26)8-6-13)35-24(18)31-22(17)30-11-19(27)28/h3-10,19H,11H2,1-2H3,(H,29,32)(H,30,31)(H,33,34). The van der Waals surface area contributed by atoms with E-state index in [0.29, 0.717) is 22.3 Å². The first kappa shape index (κ1) is 23.8. The molecule has 2 aromatic carbocycles. The highest BCUT2D eigenvalue weighted by atomic mass is 19.3. The number of carbonyl (C=O) groups is 2. The molecule has 0 radical (unpaired) electrons. The second-order valence-electron chi connectivity index (χ2n) is 7.74. The van der Waals surface area contributed by atoms with Crippen LogP contribution in [0.5, 0.6) is 0 Å². The normalized spacial score (nSPS) is 11.1. The Labute approximate surface area is 197 Å². The number of anilines is 1. The number of nitrogens with one attached hydrogen (secondary N) is 2. The number of amides is 1. The summed E-state index contributed by atoms with van der Waals surface area (Å²) in [6, 6.07) is 11.5. The fraction of sp³-hybridized carbons (Fsp3) is 0.160. The van der Waals surface area contributed by atoms with Gasteiger partial charge in [-0.15, -0.1) is 0 Å². The van der Waals surface area contributed by atoms with Crippen molar-refractivity contribution in [1.82, 2.24) is 10.3 Å². The zero-order valence-electron chi connectivity index (χ0n) is 18.7. The summed E-state index contributed by atoms with van der Waals surface area (Å²) < 4.78 is 45.3. The van der Waals surface area contributed by atoms with Crippen LogP contribution in [0.15, 0.2) is 52.9 Å². The molecule has 2 aromatic heterocycles. The fourth-order valence-electron chi connectivity index (χ4n) is 3.73. The van der Waals surface area contributed by atoms with Crippen LogP contribution in [0.3, 0.4) is 0 Å². The number of furan rings is 1. The summed E-state index contributed by atoms with van der Waals surface area (Å²) in [4.78, 5) is 28.8. The molecule has 0 aliphatic rings. The Balaban J connectivity index is 2.00. The number of halogens is 3. The van der Waals surface area contributed by atoms with Gasteiger partial charge in [0.25, 0.3) is 12.3 Å². The molecule has 0 fully saturated rings. The van der Waals surface area contributed by atoms with E-state index in [9.17, 15) is 27.9 Å². The largest absolute Gasteiger partial charge is 0.478 e. The SMILES string of the molecule is CNC(=O)c1c(-c2ccc(F)cc2)oc2nc(NCC(F)F)c(-c3ccc(C)c(C(=O)O)c3)cc12. The molecule has 7 nitrogen and oxygen atoms in total. The number of carbonyl (C=O) groups excluding carboxylic acids is 1. The maximum Gasteiger partial charge on any atom is 0.335 e. The maximum absolute atomic E-state index is 13.5. The van der Waals surface area contributed by atoms with Crippen LogP contribution >= 0.6 is 0 Å². The Bertz CT molecular complexity index is 1430. The van der Waals surface area contributed by atoms with E-state index in [0.717, 1.165) is 0 Å². The number of aryl methyl sites for hydroxylation is 1. The lowest BCUT2D eigenvalue weighted by Gasteiger charge is -2.13. The summed E-state index contributed by atoms with van der Waals surface area (Å²) in [7, 11) is 1.43. The number of aromatic nitrogens is 1. The number of hydrogen-bond donors (Lipinski definition) is 3. The van der Waals surface area contributed by atoms with Gasteiger partial charge in [-0.3, -0.25) is 4.79 Å². The van der Waals surface area contributed by atoms with E-state index in [2.05, 4.69) is 15.6 Å². The van der Waals surface area contributed by atoms with Gasteiger partial charge < -0.3 is 20.2 Å². The molecule has 0 unspecified atom stereocenters. The second kappa shape index (κ2) is 9.49. The monoisotopic (exact) mass is 483 g/mol. The lowest BCUT2D eigenvalue weighted by Crippen LogP contribution is -2.18. The van der Waals surface area contributed by atoms with Crippen molar-refractivity contribution in [3.8, 4) is 22.5 Å². The van der Waals surface area contributed by atoms with Crippen LogP contribution in [0, 0.1) is 12.7 Å². The number of rotatable bonds is 7. The smallest absolute Gasteiger partial charge is 0.335 e. The average molecular weight is 483 g/mol. The van der Waals surface area contributed by atoms with E-state index in [4.69, 9.17) is 4.42 Å². The molecule has 4 aromatic rings. The molecule has 4 rings (SSSR count). The first-order chi connectivity index (χ1) is 16.7. The molecule has 0 aliphatic carbocycles. The predicted molar refractivity (Wildman–Crippen MR) is 124 cm³/mol. The highest BCUT2D eigenvalue weighted by Gasteiger charge is 2.25. The van der Waals surface area contributed by atoms with Gasteiger partial charge in [0.1, 0.15) is 17.4 Å². The predicted octanol–water partition coefficient (Wildman–Crippen LogP) is 5.34. The van der Waals surface area contributed by atoms with Crippen molar-refractivity contribution in [1.29, 1.82) is 0 Å². The Hall–Kier alpha value is -4.34. The molecule has 0 spiro atoms. The molecule has 10 heteroatoms. The molecule has 0 saturated carbocycles. The van der Waals surface area contributed by atoms with Crippen molar-refractivity contribution in [2.45, 2.75) is 13.3 Å². The molecule has 2 heterocycles. The molecule has 0 bridgehead atoms. The zero-order valence-corrected chi connectivity index (χ0v) is 18.7. The van der Waals surface area contributed by atoms with E-state index in [1.165, 1.54) is 43.4 Å². The molecule has 35 heavy (non-hydrogen) atoms. The highest BCUT2D eigenvalue weighted by molar-refractivity contribution is 6.11. The lowest BCUT2D eigenvalue weighted by atomic mass is 9.98. The summed E-state index contributed by atoms with van der Waals surface area (Å²) in [5.74, 6) is -1.97. The van der Waals surface area contributed by atoms with E-state index in [1.54, 1.807) is 19.1 Å². The van der Waals surface area contributed by atoms with E-state index in [1.807, 2.05) is 0 Å². The Morgan fingerprint density at radius 3 is 2.40 bits per heavy atom. The Morgan fingerprint density at radius 2 is 1.77 bits per heavy atom. The third-order valence-electron chi connectivity index (χ3n) is 5.45. The van der Waals surface area contributed by atoms with Crippen molar-refractivity contribution >= 4 is 28.8 Å². The number of benzene rings is 2. The molecule has 1 amide bonds. The van der Waals surface area contributed by atoms with Crippen LogP contribution < -0.4 is 10.6 Å². The van der Waals surface area contributed by atoms with Gasteiger partial charge in [0.05, 0.1) is 23.1 Å². The highest BCUT2D eigenvalue weighted by Crippen LogP contribution is 2.38. The lowest BCUT2D eigenvalue weighted by molar-refractivity contribution is 0.0695. The first-order valence-corrected chi connectivity index (χ1v) is 10.5. The van der Waals surface area contributed by atoms with Gasteiger partial charge in [0, 0.05) is 18.2 Å². The number of fused-ring (bicyclic) bond motifs is 1. The zero-order chi connectivity index (χ0) is 25.3. The Morgan fingerprint density at radius 1 is 1.09 bits per heavy atom. The number of hydrogen-bond acceptors (Lipinski definition) is 5. The minimum Gasteiger partial charge on any atom is -0.478 e. The number of aromatic carboxylic acids is 1. The summed E-state index contributed by atoms with van der Waals surface area (Å²) in [6.45, 7) is 0.927. The van der Waals surface area contributed by atoms with Crippen molar-refractivity contribution in [3.63, 3.8) is 0 Å². The van der Waals surface area contributed by atoms with E-state index < -0.39 is 30.7 Å². The molecular formula is C25H20F3N3O4. The van der Waals surface area contributed by atoms with Gasteiger partial charge in [-0.25, -0.2) is 18.0 Å². The van der Waals surface area contributed by atoms with Crippen LogP contribution in [-0.4, -0.2) is 42.0 Å². The number of carboxylic acid groups (broad SMARTS) is 1. The number of nitrogens with zero attached hydrogens (tertiary/aromatic N) is 1. The number of carboxylic acids is 1. The van der Waals surface area contributed by atoms with Crippen molar-refractivity contribution < 1.29 is 32.3 Å². The number of alkyl halides is 2. The summed E-state index contributed by atoms with van der Waals surface area (Å²) in [5, 5.41) is 14.9. The van der Waals surface area contributed by atoms with Crippen LogP contribution in [0.4, 0.5) is 19.0 Å². The number of pyridine rings is 1. The molecule has 0 saturated heterocycles. The maximum atomic E-state index is 13.5.